The summed E-state index contributed by atoms with van der Waals surface area (Å²) in [5.41, 5.74) is 7.84. The summed E-state index contributed by atoms with van der Waals surface area (Å²) in [5, 5.41) is 0. The van der Waals surface area contributed by atoms with Gasteiger partial charge in [0.1, 0.15) is 5.82 Å². The van der Waals surface area contributed by atoms with Crippen molar-refractivity contribution in [3.63, 3.8) is 0 Å². The van der Waals surface area contributed by atoms with Crippen LogP contribution in [0.25, 0.3) is 0 Å². The van der Waals surface area contributed by atoms with E-state index in [9.17, 15) is 0 Å². The van der Waals surface area contributed by atoms with Gasteiger partial charge in [0, 0.05) is 19.3 Å². The first-order valence-electron chi connectivity index (χ1n) is 10.6. The third kappa shape index (κ3) is 4.60. The summed E-state index contributed by atoms with van der Waals surface area (Å²) in [6.45, 7) is 2.11. The minimum Gasteiger partial charge on any atom is -0.384 e. The maximum Gasteiger partial charge on any atom is 0.227 e. The highest BCUT2D eigenvalue weighted by Gasteiger charge is 2.38. The third-order valence-electron chi connectivity index (χ3n) is 6.73. The van der Waals surface area contributed by atoms with Gasteiger partial charge in [-0.25, -0.2) is 4.98 Å². The first kappa shape index (κ1) is 18.3. The van der Waals surface area contributed by atoms with Gasteiger partial charge in [-0.05, 0) is 61.5 Å². The van der Waals surface area contributed by atoms with Gasteiger partial charge in [-0.1, -0.05) is 49.6 Å². The fourth-order valence-electron chi connectivity index (χ4n) is 4.87. The normalized spacial score (nSPS) is 19.6. The van der Waals surface area contributed by atoms with Crippen LogP contribution in [0.4, 0.5) is 11.8 Å². The van der Waals surface area contributed by atoms with Gasteiger partial charge >= 0.3 is 0 Å². The summed E-state index contributed by atoms with van der Waals surface area (Å²) in [7, 11) is 0. The van der Waals surface area contributed by atoms with E-state index in [1.54, 1.807) is 12.3 Å². The lowest BCUT2D eigenvalue weighted by Crippen LogP contribution is -2.42. The van der Waals surface area contributed by atoms with Gasteiger partial charge in [0.15, 0.2) is 0 Å². The van der Waals surface area contributed by atoms with Crippen LogP contribution >= 0.6 is 0 Å². The lowest BCUT2D eigenvalue weighted by atomic mass is 9.65. The van der Waals surface area contributed by atoms with Crippen molar-refractivity contribution in [2.24, 2.45) is 11.3 Å². The Morgan fingerprint density at radius 1 is 1.07 bits per heavy atom. The minimum atomic E-state index is 0.511. The van der Waals surface area contributed by atoms with Crippen LogP contribution < -0.4 is 10.6 Å². The zero-order valence-corrected chi connectivity index (χ0v) is 16.3. The summed E-state index contributed by atoms with van der Waals surface area (Å²) >= 11 is 0. The molecule has 4 nitrogen and oxygen atoms in total. The number of aromatic nitrogens is 2. The largest absolute Gasteiger partial charge is 0.384 e. The monoisotopic (exact) mass is 364 g/mol. The molecular weight excluding hydrogens is 332 g/mol. The number of nitrogen functional groups attached to an aromatic ring is 1. The molecule has 0 unspecified atom stereocenters. The fourth-order valence-corrected chi connectivity index (χ4v) is 4.87. The topological polar surface area (TPSA) is 55.0 Å². The van der Waals surface area contributed by atoms with Crippen LogP contribution in [0.5, 0.6) is 0 Å². The molecule has 1 saturated carbocycles. The number of aryl methyl sites for hydroxylation is 1. The second-order valence-electron chi connectivity index (χ2n) is 8.61. The van der Waals surface area contributed by atoms with Crippen molar-refractivity contribution in [2.45, 2.75) is 57.8 Å². The number of hydrogen-bond acceptors (Lipinski definition) is 4. The van der Waals surface area contributed by atoms with E-state index >= 15 is 0 Å². The highest BCUT2D eigenvalue weighted by Crippen LogP contribution is 2.46. The number of nitrogens with two attached hydrogens (primary N) is 1. The lowest BCUT2D eigenvalue weighted by molar-refractivity contribution is 0.112. The second-order valence-corrected chi connectivity index (χ2v) is 8.61. The van der Waals surface area contributed by atoms with Crippen molar-refractivity contribution < 1.29 is 0 Å². The Hall–Kier alpha value is -2.10. The average Bonchev–Trinajstić information content (AvgIpc) is 2.66. The Morgan fingerprint density at radius 3 is 2.52 bits per heavy atom. The van der Waals surface area contributed by atoms with E-state index in [2.05, 4.69) is 45.2 Å². The Morgan fingerprint density at radius 2 is 1.85 bits per heavy atom. The smallest absolute Gasteiger partial charge is 0.227 e. The fraction of sp³-hybridized carbons (Fsp3) is 0.565. The third-order valence-corrected chi connectivity index (χ3v) is 6.73. The maximum atomic E-state index is 5.85. The molecule has 2 aliphatic rings. The molecule has 1 aliphatic heterocycles. The van der Waals surface area contributed by atoms with Gasteiger partial charge < -0.3 is 10.6 Å². The van der Waals surface area contributed by atoms with Crippen molar-refractivity contribution in [1.29, 1.82) is 0 Å². The van der Waals surface area contributed by atoms with E-state index in [0.29, 0.717) is 11.2 Å². The van der Waals surface area contributed by atoms with Crippen LogP contribution in [0, 0.1) is 11.3 Å². The molecule has 27 heavy (non-hydrogen) atoms. The zero-order chi connectivity index (χ0) is 18.5. The van der Waals surface area contributed by atoms with Crippen LogP contribution in [-0.2, 0) is 6.42 Å². The lowest BCUT2D eigenvalue weighted by Gasteiger charge is -2.45. The number of nitrogens with zero attached hydrogens (tertiary/aromatic N) is 3. The number of hydrogen-bond donors (Lipinski definition) is 1. The molecular formula is C23H32N4. The molecule has 1 aromatic heterocycles. The van der Waals surface area contributed by atoms with Crippen molar-refractivity contribution in [2.75, 3.05) is 23.7 Å². The molecule has 0 atom stereocenters. The predicted molar refractivity (Wildman–Crippen MR) is 112 cm³/mol. The molecule has 144 valence electrons. The molecule has 4 rings (SSSR count). The van der Waals surface area contributed by atoms with Gasteiger partial charge in [0.05, 0.1) is 0 Å². The molecule has 1 saturated heterocycles. The van der Waals surface area contributed by atoms with Crippen molar-refractivity contribution in [3.05, 3.63) is 48.2 Å². The van der Waals surface area contributed by atoms with Gasteiger partial charge in [-0.15, -0.1) is 0 Å². The van der Waals surface area contributed by atoms with Crippen LogP contribution in [-0.4, -0.2) is 23.1 Å². The van der Waals surface area contributed by atoms with Gasteiger partial charge in [-0.3, -0.25) is 0 Å². The summed E-state index contributed by atoms with van der Waals surface area (Å²) < 4.78 is 0. The van der Waals surface area contributed by atoms with Gasteiger partial charge in [0.25, 0.3) is 0 Å². The Kier molecular flexibility index (Phi) is 5.61. The Balaban J connectivity index is 1.37. The first-order valence-corrected chi connectivity index (χ1v) is 10.6. The van der Waals surface area contributed by atoms with E-state index in [0.717, 1.165) is 25.0 Å². The minimum absolute atomic E-state index is 0.511. The highest BCUT2D eigenvalue weighted by molar-refractivity contribution is 5.38. The molecule has 1 aliphatic carbocycles. The molecule has 1 aromatic carbocycles. The van der Waals surface area contributed by atoms with E-state index in [1.165, 1.54) is 63.4 Å². The van der Waals surface area contributed by atoms with Crippen molar-refractivity contribution in [3.8, 4) is 0 Å². The van der Waals surface area contributed by atoms with Crippen LogP contribution in [0.2, 0.25) is 0 Å². The van der Waals surface area contributed by atoms with Crippen LogP contribution in [0.1, 0.15) is 56.9 Å². The number of rotatable bonds is 7. The first-order chi connectivity index (χ1) is 13.2. The molecule has 2 heterocycles. The van der Waals surface area contributed by atoms with Crippen LogP contribution in [0.3, 0.4) is 0 Å². The molecule has 0 spiro atoms. The predicted octanol–water partition coefficient (Wildman–Crippen LogP) is 4.86. The van der Waals surface area contributed by atoms with E-state index < -0.39 is 0 Å². The highest BCUT2D eigenvalue weighted by atomic mass is 15.3. The molecule has 0 amide bonds. The Labute approximate surface area is 163 Å². The zero-order valence-electron chi connectivity index (χ0n) is 16.3. The summed E-state index contributed by atoms with van der Waals surface area (Å²) in [6.07, 6.45) is 13.9. The van der Waals surface area contributed by atoms with Crippen molar-refractivity contribution in [1.82, 2.24) is 9.97 Å². The molecule has 4 heteroatoms. The summed E-state index contributed by atoms with van der Waals surface area (Å²) in [4.78, 5) is 11.2. The average molecular weight is 365 g/mol. The number of anilines is 2. The van der Waals surface area contributed by atoms with Gasteiger partial charge in [0.2, 0.25) is 5.95 Å². The quantitative estimate of drug-likeness (QED) is 0.762. The molecule has 2 N–H and O–H groups in total. The van der Waals surface area contributed by atoms with Gasteiger partial charge in [-0.2, -0.15) is 4.98 Å². The standard InChI is InChI=1S/C23H32N4/c24-21-11-15-25-22(26-21)27-16-13-23(14-17-27,18-20-8-4-9-20)12-5-10-19-6-2-1-3-7-19/h1-3,6-7,11,15,20H,4-5,8-10,12-14,16-18H2,(H2,24,25,26). The molecule has 0 bridgehead atoms. The Bertz CT molecular complexity index is 718. The summed E-state index contributed by atoms with van der Waals surface area (Å²) in [5.74, 6) is 2.34. The summed E-state index contributed by atoms with van der Waals surface area (Å²) in [6, 6.07) is 12.7. The van der Waals surface area contributed by atoms with E-state index in [4.69, 9.17) is 5.73 Å². The van der Waals surface area contributed by atoms with Crippen molar-refractivity contribution >= 4 is 11.8 Å². The van der Waals surface area contributed by atoms with Crippen LogP contribution in [0.15, 0.2) is 42.6 Å². The molecule has 2 aromatic rings. The molecule has 2 fully saturated rings. The van der Waals surface area contributed by atoms with E-state index in [-0.39, 0.29) is 0 Å². The second kappa shape index (κ2) is 8.28. The van der Waals surface area contributed by atoms with E-state index in [1.807, 2.05) is 0 Å². The SMILES string of the molecule is Nc1ccnc(N2CCC(CCCc3ccccc3)(CC3CCC3)CC2)n1. The maximum absolute atomic E-state index is 5.85. The number of benzene rings is 1. The number of piperidine rings is 1. The molecule has 0 radical (unpaired) electrons.